The van der Waals surface area contributed by atoms with Crippen LogP contribution in [-0.4, -0.2) is 62.2 Å². The number of aromatic nitrogens is 2. The van der Waals surface area contributed by atoms with Gasteiger partial charge in [-0.1, -0.05) is 0 Å². The second-order valence-electron chi connectivity index (χ2n) is 7.48. The zero-order chi connectivity index (χ0) is 19.8. The molecule has 2 fully saturated rings. The number of nitrogens with zero attached hydrogens (tertiary/aromatic N) is 4. The number of carbonyl (C=O) groups is 2. The SMILES string of the molecule is Cc1cc(F)ccc1-n1cc(O)c(C(=O)N2CCCC(N3CCCC3=O)C2)n1. The average molecular weight is 386 g/mol. The molecule has 0 bridgehead atoms. The van der Waals surface area contributed by atoms with Crippen LogP contribution in [0, 0.1) is 12.7 Å². The predicted octanol–water partition coefficient (Wildman–Crippen LogP) is 2.25. The van der Waals surface area contributed by atoms with Gasteiger partial charge in [0.05, 0.1) is 11.9 Å². The molecule has 7 nitrogen and oxygen atoms in total. The molecule has 0 spiro atoms. The summed E-state index contributed by atoms with van der Waals surface area (Å²) in [4.78, 5) is 28.5. The highest BCUT2D eigenvalue weighted by atomic mass is 19.1. The van der Waals surface area contributed by atoms with Crippen LogP contribution in [0.15, 0.2) is 24.4 Å². The lowest BCUT2D eigenvalue weighted by atomic mass is 10.0. The van der Waals surface area contributed by atoms with E-state index in [1.54, 1.807) is 17.9 Å². The van der Waals surface area contributed by atoms with E-state index in [9.17, 15) is 19.1 Å². The fourth-order valence-corrected chi connectivity index (χ4v) is 4.11. The quantitative estimate of drug-likeness (QED) is 0.878. The van der Waals surface area contributed by atoms with Crippen molar-refractivity contribution in [2.24, 2.45) is 0 Å². The summed E-state index contributed by atoms with van der Waals surface area (Å²) in [5.74, 6) is -0.775. The number of aromatic hydroxyl groups is 1. The summed E-state index contributed by atoms with van der Waals surface area (Å²) in [6.45, 7) is 3.50. The second-order valence-corrected chi connectivity index (χ2v) is 7.48. The smallest absolute Gasteiger partial charge is 0.278 e. The van der Waals surface area contributed by atoms with Gasteiger partial charge in [0.1, 0.15) is 5.82 Å². The van der Waals surface area contributed by atoms with Crippen LogP contribution in [0.1, 0.15) is 41.7 Å². The van der Waals surface area contributed by atoms with E-state index >= 15 is 0 Å². The van der Waals surface area contributed by atoms with Crippen molar-refractivity contribution in [3.05, 3.63) is 41.5 Å². The third-order valence-electron chi connectivity index (χ3n) is 5.54. The summed E-state index contributed by atoms with van der Waals surface area (Å²) in [6.07, 6.45) is 4.49. The molecule has 2 aromatic rings. The van der Waals surface area contributed by atoms with Gasteiger partial charge in [0.15, 0.2) is 11.4 Å². The Labute approximate surface area is 162 Å². The van der Waals surface area contributed by atoms with Crippen LogP contribution in [0.2, 0.25) is 0 Å². The molecule has 4 rings (SSSR count). The van der Waals surface area contributed by atoms with Crippen molar-refractivity contribution in [2.45, 2.75) is 38.6 Å². The molecule has 3 heterocycles. The first-order valence-electron chi connectivity index (χ1n) is 9.58. The van der Waals surface area contributed by atoms with E-state index in [2.05, 4.69) is 5.10 Å². The minimum atomic E-state index is -0.357. The van der Waals surface area contributed by atoms with E-state index in [0.717, 1.165) is 25.8 Å². The van der Waals surface area contributed by atoms with Crippen molar-refractivity contribution in [1.29, 1.82) is 0 Å². The minimum Gasteiger partial charge on any atom is -0.504 e. The maximum Gasteiger partial charge on any atom is 0.278 e. The highest BCUT2D eigenvalue weighted by Crippen LogP contribution is 2.26. The van der Waals surface area contributed by atoms with Crippen molar-refractivity contribution in [3.8, 4) is 11.4 Å². The lowest BCUT2D eigenvalue weighted by Crippen LogP contribution is -2.50. The van der Waals surface area contributed by atoms with Gasteiger partial charge in [-0.2, -0.15) is 5.10 Å². The van der Waals surface area contributed by atoms with E-state index in [4.69, 9.17) is 0 Å². The number of aryl methyl sites for hydroxylation is 1. The molecule has 1 unspecified atom stereocenters. The Kier molecular flexibility index (Phi) is 4.78. The number of hydrogen-bond donors (Lipinski definition) is 1. The van der Waals surface area contributed by atoms with Gasteiger partial charge in [-0.15, -0.1) is 0 Å². The monoisotopic (exact) mass is 386 g/mol. The molecule has 8 heteroatoms. The number of carbonyl (C=O) groups excluding carboxylic acids is 2. The van der Waals surface area contributed by atoms with Crippen LogP contribution < -0.4 is 0 Å². The first-order chi connectivity index (χ1) is 13.4. The molecule has 1 aromatic carbocycles. The van der Waals surface area contributed by atoms with Crippen LogP contribution in [0.4, 0.5) is 4.39 Å². The lowest BCUT2D eigenvalue weighted by Gasteiger charge is -2.37. The van der Waals surface area contributed by atoms with Gasteiger partial charge >= 0.3 is 0 Å². The van der Waals surface area contributed by atoms with Crippen molar-refractivity contribution in [3.63, 3.8) is 0 Å². The first-order valence-corrected chi connectivity index (χ1v) is 9.58. The molecule has 28 heavy (non-hydrogen) atoms. The lowest BCUT2D eigenvalue weighted by molar-refractivity contribution is -0.130. The summed E-state index contributed by atoms with van der Waals surface area (Å²) >= 11 is 0. The van der Waals surface area contributed by atoms with Crippen molar-refractivity contribution >= 4 is 11.8 Å². The van der Waals surface area contributed by atoms with E-state index in [1.165, 1.54) is 23.0 Å². The molecule has 2 amide bonds. The van der Waals surface area contributed by atoms with Crippen molar-refractivity contribution in [1.82, 2.24) is 19.6 Å². The Balaban J connectivity index is 1.54. The van der Waals surface area contributed by atoms with E-state index in [1.807, 2.05) is 4.90 Å². The molecule has 2 saturated heterocycles. The first kappa shape index (κ1) is 18.5. The van der Waals surface area contributed by atoms with Crippen LogP contribution >= 0.6 is 0 Å². The second kappa shape index (κ2) is 7.26. The molecule has 1 atom stereocenters. The fraction of sp³-hybridized carbons (Fsp3) is 0.450. The molecular weight excluding hydrogens is 363 g/mol. The molecule has 0 aliphatic carbocycles. The Bertz CT molecular complexity index is 926. The van der Waals surface area contributed by atoms with Gasteiger partial charge in [0.2, 0.25) is 5.91 Å². The molecule has 1 aromatic heterocycles. The standard InChI is InChI=1S/C20H23FN4O3/c1-13-10-14(21)6-7-16(13)25-12-17(26)19(22-25)20(28)23-8-2-4-15(11-23)24-9-3-5-18(24)27/h6-7,10,12,15,26H,2-5,8-9,11H2,1H3. The van der Waals surface area contributed by atoms with E-state index in [-0.39, 0.29) is 35.1 Å². The zero-order valence-corrected chi connectivity index (χ0v) is 15.8. The summed E-state index contributed by atoms with van der Waals surface area (Å²) < 4.78 is 14.7. The fourth-order valence-electron chi connectivity index (χ4n) is 4.11. The van der Waals surface area contributed by atoms with Gasteiger partial charge in [-0.3, -0.25) is 9.59 Å². The molecular formula is C20H23FN4O3. The summed E-state index contributed by atoms with van der Waals surface area (Å²) in [7, 11) is 0. The van der Waals surface area contributed by atoms with Crippen molar-refractivity contribution in [2.75, 3.05) is 19.6 Å². The molecule has 148 valence electrons. The number of hydrogen-bond acceptors (Lipinski definition) is 4. The highest BCUT2D eigenvalue weighted by Gasteiger charge is 2.34. The molecule has 1 N–H and O–H groups in total. The van der Waals surface area contributed by atoms with Gasteiger partial charge in [-0.25, -0.2) is 9.07 Å². The minimum absolute atomic E-state index is 0.0243. The van der Waals surface area contributed by atoms with Crippen LogP contribution in [0.3, 0.4) is 0 Å². The molecule has 2 aliphatic rings. The van der Waals surface area contributed by atoms with Gasteiger partial charge in [0, 0.05) is 32.1 Å². The third kappa shape index (κ3) is 3.34. The maximum absolute atomic E-state index is 13.3. The third-order valence-corrected chi connectivity index (χ3v) is 5.54. The Morgan fingerprint density at radius 2 is 2.11 bits per heavy atom. The van der Waals surface area contributed by atoms with E-state index < -0.39 is 0 Å². The van der Waals surface area contributed by atoms with Crippen LogP contribution in [0.5, 0.6) is 5.75 Å². The average Bonchev–Trinajstić information content (AvgIpc) is 3.27. The summed E-state index contributed by atoms with van der Waals surface area (Å²) in [5.41, 5.74) is 1.21. The largest absolute Gasteiger partial charge is 0.504 e. The molecule has 0 saturated carbocycles. The topological polar surface area (TPSA) is 78.7 Å². The van der Waals surface area contributed by atoms with E-state index in [0.29, 0.717) is 30.8 Å². The van der Waals surface area contributed by atoms with Crippen molar-refractivity contribution < 1.29 is 19.1 Å². The number of piperidine rings is 1. The maximum atomic E-state index is 13.3. The Morgan fingerprint density at radius 1 is 1.29 bits per heavy atom. The summed E-state index contributed by atoms with van der Waals surface area (Å²) in [5, 5.41) is 14.5. The molecule has 2 aliphatic heterocycles. The normalized spacial score (nSPS) is 20.1. The Morgan fingerprint density at radius 3 is 2.82 bits per heavy atom. The van der Waals surface area contributed by atoms with Gasteiger partial charge in [-0.05, 0) is 49.9 Å². The molecule has 0 radical (unpaired) electrons. The number of halogens is 1. The zero-order valence-electron chi connectivity index (χ0n) is 15.8. The number of benzene rings is 1. The predicted molar refractivity (Wildman–Crippen MR) is 99.8 cm³/mol. The van der Waals surface area contributed by atoms with Gasteiger partial charge in [0.25, 0.3) is 5.91 Å². The van der Waals surface area contributed by atoms with Crippen LogP contribution in [0.25, 0.3) is 5.69 Å². The Hall–Kier alpha value is -2.90. The van der Waals surface area contributed by atoms with Crippen LogP contribution in [-0.2, 0) is 4.79 Å². The van der Waals surface area contributed by atoms with Gasteiger partial charge < -0.3 is 14.9 Å². The number of amides is 2. The summed E-state index contributed by atoms with van der Waals surface area (Å²) in [6, 6.07) is 4.26. The number of likely N-dealkylation sites (tertiary alicyclic amines) is 2. The highest BCUT2D eigenvalue weighted by molar-refractivity contribution is 5.95. The number of rotatable bonds is 3.